The molecule has 0 spiro atoms. The lowest BCUT2D eigenvalue weighted by atomic mass is 10.1. The van der Waals surface area contributed by atoms with E-state index >= 15 is 0 Å². The molecule has 0 aliphatic carbocycles. The number of aryl methyl sites for hydroxylation is 1. The van der Waals surface area contributed by atoms with Gasteiger partial charge in [0, 0.05) is 28.1 Å². The predicted molar refractivity (Wildman–Crippen MR) is 89.1 cm³/mol. The van der Waals surface area contributed by atoms with E-state index in [9.17, 15) is 4.79 Å². The predicted octanol–water partition coefficient (Wildman–Crippen LogP) is 2.75. The van der Waals surface area contributed by atoms with Gasteiger partial charge in [-0.05, 0) is 63.0 Å². The molecule has 0 unspecified atom stereocenters. The van der Waals surface area contributed by atoms with Crippen LogP contribution < -0.4 is 10.6 Å². The molecule has 1 aromatic carbocycles. The monoisotopic (exact) mass is 403 g/mol. The molecule has 6 heteroatoms. The van der Waals surface area contributed by atoms with Gasteiger partial charge in [0.25, 0.3) is 0 Å². The van der Waals surface area contributed by atoms with Crippen molar-refractivity contribution in [2.45, 2.75) is 19.9 Å². The fourth-order valence-corrected chi connectivity index (χ4v) is 3.83. The van der Waals surface area contributed by atoms with Gasteiger partial charge in [0.15, 0.2) is 0 Å². The highest BCUT2D eigenvalue weighted by molar-refractivity contribution is 9.11. The summed E-state index contributed by atoms with van der Waals surface area (Å²) in [7, 11) is 0. The second kappa shape index (κ2) is 7.02. The molecule has 1 aliphatic rings. The van der Waals surface area contributed by atoms with Gasteiger partial charge in [-0.25, -0.2) is 0 Å². The molecule has 2 rings (SSSR count). The number of carbonyl (C=O) groups is 1. The molecule has 0 radical (unpaired) electrons. The normalized spacial score (nSPS) is 15.2. The first kappa shape index (κ1) is 15.9. The van der Waals surface area contributed by atoms with Crippen molar-refractivity contribution in [1.82, 2.24) is 10.2 Å². The van der Waals surface area contributed by atoms with Gasteiger partial charge < -0.3 is 10.6 Å². The average molecular weight is 405 g/mol. The first-order valence-electron chi connectivity index (χ1n) is 6.71. The summed E-state index contributed by atoms with van der Waals surface area (Å²) in [5.74, 6) is 0.0176. The highest BCUT2D eigenvalue weighted by atomic mass is 79.9. The van der Waals surface area contributed by atoms with E-state index in [0.717, 1.165) is 39.8 Å². The van der Waals surface area contributed by atoms with Crippen molar-refractivity contribution in [3.8, 4) is 0 Å². The molecule has 1 fully saturated rings. The number of amides is 1. The fraction of sp³-hybridized carbons (Fsp3) is 0.500. The Morgan fingerprint density at radius 1 is 1.40 bits per heavy atom. The van der Waals surface area contributed by atoms with E-state index in [0.29, 0.717) is 12.6 Å². The third-order valence-electron chi connectivity index (χ3n) is 3.48. The van der Waals surface area contributed by atoms with Crippen LogP contribution in [-0.2, 0) is 4.79 Å². The van der Waals surface area contributed by atoms with E-state index in [4.69, 9.17) is 0 Å². The number of anilines is 1. The van der Waals surface area contributed by atoms with Crippen molar-refractivity contribution in [2.24, 2.45) is 0 Å². The summed E-state index contributed by atoms with van der Waals surface area (Å²) in [5.41, 5.74) is 1.93. The Morgan fingerprint density at radius 3 is 2.45 bits per heavy atom. The molecule has 20 heavy (non-hydrogen) atoms. The Bertz CT molecular complexity index is 480. The number of likely N-dealkylation sites (N-methyl/N-ethyl adjacent to an activating group) is 1. The van der Waals surface area contributed by atoms with Crippen LogP contribution in [0.1, 0.15) is 12.5 Å². The number of hydrogen-bond donors (Lipinski definition) is 2. The van der Waals surface area contributed by atoms with Crippen LogP contribution in [0.15, 0.2) is 21.1 Å². The standard InChI is InChI=1S/C14H19Br2N3O/c1-3-19(10-6-17-7-10)8-13(20)18-14-11(15)4-9(2)5-12(14)16/h4-5,10,17H,3,6-8H2,1-2H3,(H,18,20). The van der Waals surface area contributed by atoms with Crippen LogP contribution in [-0.4, -0.2) is 43.0 Å². The lowest BCUT2D eigenvalue weighted by molar-refractivity contribution is -0.118. The van der Waals surface area contributed by atoms with Crippen LogP contribution in [0.3, 0.4) is 0 Å². The maximum atomic E-state index is 12.2. The summed E-state index contributed by atoms with van der Waals surface area (Å²) in [5, 5.41) is 6.21. The van der Waals surface area contributed by atoms with Crippen molar-refractivity contribution in [2.75, 3.05) is 31.5 Å². The molecule has 0 bridgehead atoms. The fourth-order valence-electron chi connectivity index (χ4n) is 2.21. The molecule has 4 nitrogen and oxygen atoms in total. The van der Waals surface area contributed by atoms with E-state index in [1.165, 1.54) is 0 Å². The van der Waals surface area contributed by atoms with Gasteiger partial charge in [-0.1, -0.05) is 6.92 Å². The Balaban J connectivity index is 2.00. The minimum absolute atomic E-state index is 0.0176. The number of carbonyl (C=O) groups excluding carboxylic acids is 1. The number of nitrogens with zero attached hydrogens (tertiary/aromatic N) is 1. The van der Waals surface area contributed by atoms with Crippen LogP contribution >= 0.6 is 31.9 Å². The van der Waals surface area contributed by atoms with E-state index in [2.05, 4.69) is 54.3 Å². The second-order valence-electron chi connectivity index (χ2n) is 5.03. The highest BCUT2D eigenvalue weighted by Crippen LogP contribution is 2.32. The number of benzene rings is 1. The zero-order valence-corrected chi connectivity index (χ0v) is 14.8. The molecule has 1 saturated heterocycles. The maximum Gasteiger partial charge on any atom is 0.238 e. The lowest BCUT2D eigenvalue weighted by Crippen LogP contribution is -2.58. The highest BCUT2D eigenvalue weighted by Gasteiger charge is 2.25. The third-order valence-corrected chi connectivity index (χ3v) is 4.73. The molecule has 110 valence electrons. The summed E-state index contributed by atoms with van der Waals surface area (Å²) in [6, 6.07) is 4.47. The minimum atomic E-state index is 0.0176. The zero-order chi connectivity index (χ0) is 14.7. The Hall–Kier alpha value is -0.430. The SMILES string of the molecule is CCN(CC(=O)Nc1c(Br)cc(C)cc1Br)C1CNC1. The van der Waals surface area contributed by atoms with Gasteiger partial charge in [0.1, 0.15) is 0 Å². The average Bonchev–Trinajstić information content (AvgIpc) is 2.30. The molecule has 1 aromatic rings. The number of hydrogen-bond acceptors (Lipinski definition) is 3. The van der Waals surface area contributed by atoms with Crippen LogP contribution in [0.5, 0.6) is 0 Å². The molecule has 1 aliphatic heterocycles. The van der Waals surface area contributed by atoms with Gasteiger partial charge in [0.2, 0.25) is 5.91 Å². The van der Waals surface area contributed by atoms with E-state index in [1.54, 1.807) is 0 Å². The minimum Gasteiger partial charge on any atom is -0.323 e. The quantitative estimate of drug-likeness (QED) is 0.792. The smallest absolute Gasteiger partial charge is 0.238 e. The number of nitrogens with one attached hydrogen (secondary N) is 2. The first-order chi connectivity index (χ1) is 9.51. The molecule has 0 saturated carbocycles. The summed E-state index contributed by atoms with van der Waals surface area (Å²) >= 11 is 6.99. The molecule has 0 aromatic heterocycles. The molecule has 2 N–H and O–H groups in total. The summed E-state index contributed by atoms with van der Waals surface area (Å²) in [6.07, 6.45) is 0. The molecular weight excluding hydrogens is 386 g/mol. The van der Waals surface area contributed by atoms with Crippen LogP contribution in [0.2, 0.25) is 0 Å². The van der Waals surface area contributed by atoms with Gasteiger partial charge in [-0.15, -0.1) is 0 Å². The van der Waals surface area contributed by atoms with Gasteiger partial charge in [-0.3, -0.25) is 9.69 Å². The number of rotatable bonds is 5. The Labute approximate surface area is 136 Å². The Kier molecular flexibility index (Phi) is 5.60. The third kappa shape index (κ3) is 3.81. The van der Waals surface area contributed by atoms with Crippen molar-refractivity contribution >= 4 is 43.5 Å². The largest absolute Gasteiger partial charge is 0.323 e. The molecule has 1 heterocycles. The summed E-state index contributed by atoms with van der Waals surface area (Å²) < 4.78 is 1.79. The molecular formula is C14H19Br2N3O. The molecule has 0 atom stereocenters. The van der Waals surface area contributed by atoms with Crippen molar-refractivity contribution in [1.29, 1.82) is 0 Å². The second-order valence-corrected chi connectivity index (χ2v) is 6.74. The first-order valence-corrected chi connectivity index (χ1v) is 8.30. The van der Waals surface area contributed by atoms with Crippen molar-refractivity contribution in [3.63, 3.8) is 0 Å². The topological polar surface area (TPSA) is 44.4 Å². The Morgan fingerprint density at radius 2 is 2.00 bits per heavy atom. The zero-order valence-electron chi connectivity index (χ0n) is 11.7. The van der Waals surface area contributed by atoms with Gasteiger partial charge in [0.05, 0.1) is 12.2 Å². The van der Waals surface area contributed by atoms with E-state index in [-0.39, 0.29) is 5.91 Å². The maximum absolute atomic E-state index is 12.2. The lowest BCUT2D eigenvalue weighted by Gasteiger charge is -2.37. The van der Waals surface area contributed by atoms with Crippen molar-refractivity contribution in [3.05, 3.63) is 26.6 Å². The van der Waals surface area contributed by atoms with E-state index < -0.39 is 0 Å². The van der Waals surface area contributed by atoms with Crippen LogP contribution in [0.4, 0.5) is 5.69 Å². The summed E-state index contributed by atoms with van der Waals surface area (Å²) in [4.78, 5) is 14.4. The van der Waals surface area contributed by atoms with E-state index in [1.807, 2.05) is 19.1 Å². The van der Waals surface area contributed by atoms with Crippen molar-refractivity contribution < 1.29 is 4.79 Å². The van der Waals surface area contributed by atoms with Crippen LogP contribution in [0.25, 0.3) is 0 Å². The van der Waals surface area contributed by atoms with Gasteiger partial charge >= 0.3 is 0 Å². The van der Waals surface area contributed by atoms with Gasteiger partial charge in [-0.2, -0.15) is 0 Å². The summed E-state index contributed by atoms with van der Waals surface area (Å²) in [6.45, 7) is 7.36. The molecule has 1 amide bonds. The van der Waals surface area contributed by atoms with Crippen LogP contribution in [0, 0.1) is 6.92 Å². The number of halogens is 2.